The van der Waals surface area contributed by atoms with Gasteiger partial charge in [-0.1, -0.05) is 13.8 Å². The summed E-state index contributed by atoms with van der Waals surface area (Å²) in [5.41, 5.74) is 1.04. The summed E-state index contributed by atoms with van der Waals surface area (Å²) >= 11 is 0. The van der Waals surface area contributed by atoms with E-state index in [1.165, 1.54) is 0 Å². The maximum atomic E-state index is 4.22. The molecule has 19 heavy (non-hydrogen) atoms. The number of likely N-dealkylation sites (N-methyl/N-ethyl adjacent to an activating group) is 1. The van der Waals surface area contributed by atoms with Gasteiger partial charge in [0.25, 0.3) is 0 Å². The van der Waals surface area contributed by atoms with Crippen molar-refractivity contribution in [1.29, 1.82) is 0 Å². The van der Waals surface area contributed by atoms with E-state index in [-0.39, 0.29) is 0 Å². The molecule has 0 radical (unpaired) electrons. The van der Waals surface area contributed by atoms with Gasteiger partial charge in [0.15, 0.2) is 0 Å². The van der Waals surface area contributed by atoms with Gasteiger partial charge in [0.05, 0.1) is 5.69 Å². The Bertz CT molecular complexity index is 376. The minimum Gasteiger partial charge on any atom is -0.369 e. The standard InChI is InChI=1S/C14H25N5/c1-11(2)13-4-5-14(18-17-13)16-7-6-12-10-19(3)9-8-15-12/h4-5,11-12,15H,6-10H2,1-3H3,(H,16,18). The fourth-order valence-corrected chi connectivity index (χ4v) is 2.30. The lowest BCUT2D eigenvalue weighted by Crippen LogP contribution is -2.49. The smallest absolute Gasteiger partial charge is 0.148 e. The van der Waals surface area contributed by atoms with Crippen LogP contribution in [-0.2, 0) is 0 Å². The molecule has 0 amide bonds. The highest BCUT2D eigenvalue weighted by molar-refractivity contribution is 5.33. The summed E-state index contributed by atoms with van der Waals surface area (Å²) in [5.74, 6) is 1.30. The minimum atomic E-state index is 0.434. The number of piperazine rings is 1. The molecule has 0 bridgehead atoms. The van der Waals surface area contributed by atoms with Gasteiger partial charge in [-0.25, -0.2) is 0 Å². The second-order valence-electron chi connectivity index (χ2n) is 5.63. The Morgan fingerprint density at radius 1 is 1.42 bits per heavy atom. The molecule has 1 aromatic rings. The molecule has 1 fully saturated rings. The zero-order valence-electron chi connectivity index (χ0n) is 12.2. The highest BCUT2D eigenvalue weighted by atomic mass is 15.2. The number of anilines is 1. The average molecular weight is 263 g/mol. The van der Waals surface area contributed by atoms with Gasteiger partial charge in [-0.2, -0.15) is 5.10 Å². The van der Waals surface area contributed by atoms with Crippen molar-refractivity contribution in [3.05, 3.63) is 17.8 Å². The third-order valence-corrected chi connectivity index (χ3v) is 3.53. The average Bonchev–Trinajstić information content (AvgIpc) is 2.39. The summed E-state index contributed by atoms with van der Waals surface area (Å²) in [6.07, 6.45) is 1.11. The van der Waals surface area contributed by atoms with Crippen molar-refractivity contribution in [2.75, 3.05) is 38.5 Å². The molecule has 2 rings (SSSR count). The Balaban J connectivity index is 1.73. The first-order chi connectivity index (χ1) is 9.15. The Hall–Kier alpha value is -1.20. The van der Waals surface area contributed by atoms with E-state index >= 15 is 0 Å². The van der Waals surface area contributed by atoms with E-state index in [9.17, 15) is 0 Å². The number of nitrogens with one attached hydrogen (secondary N) is 2. The Morgan fingerprint density at radius 2 is 2.26 bits per heavy atom. The van der Waals surface area contributed by atoms with Gasteiger partial charge in [0.2, 0.25) is 0 Å². The zero-order valence-corrected chi connectivity index (χ0v) is 12.2. The van der Waals surface area contributed by atoms with E-state index in [0.29, 0.717) is 12.0 Å². The van der Waals surface area contributed by atoms with E-state index in [2.05, 4.69) is 46.6 Å². The van der Waals surface area contributed by atoms with Crippen molar-refractivity contribution in [2.24, 2.45) is 0 Å². The zero-order chi connectivity index (χ0) is 13.7. The predicted molar refractivity (Wildman–Crippen MR) is 78.5 cm³/mol. The summed E-state index contributed by atoms with van der Waals surface area (Å²) in [7, 11) is 2.18. The number of aromatic nitrogens is 2. The molecular formula is C14H25N5. The van der Waals surface area contributed by atoms with Crippen LogP contribution in [0, 0.1) is 0 Å². The van der Waals surface area contributed by atoms with Crippen LogP contribution in [0.3, 0.4) is 0 Å². The van der Waals surface area contributed by atoms with Crippen molar-refractivity contribution >= 4 is 5.82 Å². The van der Waals surface area contributed by atoms with Crippen molar-refractivity contribution in [1.82, 2.24) is 20.4 Å². The third-order valence-electron chi connectivity index (χ3n) is 3.53. The fourth-order valence-electron chi connectivity index (χ4n) is 2.30. The van der Waals surface area contributed by atoms with Crippen molar-refractivity contribution in [2.45, 2.75) is 32.2 Å². The van der Waals surface area contributed by atoms with Gasteiger partial charge >= 0.3 is 0 Å². The first-order valence-corrected chi connectivity index (χ1v) is 7.14. The summed E-state index contributed by atoms with van der Waals surface area (Å²) in [6, 6.07) is 4.64. The lowest BCUT2D eigenvalue weighted by atomic mass is 10.1. The molecule has 0 aliphatic carbocycles. The molecule has 1 aliphatic rings. The number of hydrogen-bond acceptors (Lipinski definition) is 5. The Morgan fingerprint density at radius 3 is 2.89 bits per heavy atom. The van der Waals surface area contributed by atoms with E-state index < -0.39 is 0 Å². The molecule has 2 N–H and O–H groups in total. The molecule has 2 heterocycles. The second kappa shape index (κ2) is 6.82. The predicted octanol–water partition coefficient (Wildman–Crippen LogP) is 1.31. The quantitative estimate of drug-likeness (QED) is 0.839. The molecule has 1 aliphatic heterocycles. The molecule has 5 heteroatoms. The molecule has 5 nitrogen and oxygen atoms in total. The van der Waals surface area contributed by atoms with Gasteiger partial charge in [-0.05, 0) is 31.5 Å². The highest BCUT2D eigenvalue weighted by Gasteiger charge is 2.15. The first kappa shape index (κ1) is 14.2. The molecule has 1 atom stereocenters. The third kappa shape index (κ3) is 4.44. The van der Waals surface area contributed by atoms with Crippen LogP contribution in [0.4, 0.5) is 5.82 Å². The van der Waals surface area contributed by atoms with Crippen LogP contribution in [0.25, 0.3) is 0 Å². The lowest BCUT2D eigenvalue weighted by molar-refractivity contribution is 0.234. The van der Waals surface area contributed by atoms with Crippen molar-refractivity contribution < 1.29 is 0 Å². The van der Waals surface area contributed by atoms with Crippen LogP contribution in [0.15, 0.2) is 12.1 Å². The highest BCUT2D eigenvalue weighted by Crippen LogP contribution is 2.11. The molecule has 0 saturated carbocycles. The summed E-state index contributed by atoms with van der Waals surface area (Å²) < 4.78 is 0. The van der Waals surface area contributed by atoms with Gasteiger partial charge in [-0.15, -0.1) is 5.10 Å². The van der Waals surface area contributed by atoms with Crippen molar-refractivity contribution in [3.63, 3.8) is 0 Å². The normalized spacial score (nSPS) is 20.7. The van der Waals surface area contributed by atoms with E-state index in [1.807, 2.05) is 12.1 Å². The SMILES string of the molecule is CC(C)c1ccc(NCCC2CN(C)CCN2)nn1. The second-order valence-corrected chi connectivity index (χ2v) is 5.63. The molecule has 1 unspecified atom stereocenters. The van der Waals surface area contributed by atoms with Crippen LogP contribution in [0.5, 0.6) is 0 Å². The topological polar surface area (TPSA) is 53.1 Å². The minimum absolute atomic E-state index is 0.434. The first-order valence-electron chi connectivity index (χ1n) is 7.14. The Labute approximate surface area is 115 Å². The summed E-state index contributed by atoms with van der Waals surface area (Å²) in [6.45, 7) is 8.54. The van der Waals surface area contributed by atoms with Crippen LogP contribution in [0.2, 0.25) is 0 Å². The van der Waals surface area contributed by atoms with Gasteiger partial charge in [-0.3, -0.25) is 0 Å². The number of hydrogen-bond donors (Lipinski definition) is 2. The Kier molecular flexibility index (Phi) is 5.10. The molecule has 0 aromatic carbocycles. The van der Waals surface area contributed by atoms with Crippen LogP contribution < -0.4 is 10.6 Å². The number of rotatable bonds is 5. The fraction of sp³-hybridized carbons (Fsp3) is 0.714. The van der Waals surface area contributed by atoms with Gasteiger partial charge < -0.3 is 15.5 Å². The van der Waals surface area contributed by atoms with E-state index in [4.69, 9.17) is 0 Å². The molecule has 0 spiro atoms. The van der Waals surface area contributed by atoms with Crippen molar-refractivity contribution in [3.8, 4) is 0 Å². The summed E-state index contributed by atoms with van der Waals surface area (Å²) in [5, 5.41) is 15.3. The molecule has 1 saturated heterocycles. The molecule has 1 aromatic heterocycles. The molecule has 106 valence electrons. The van der Waals surface area contributed by atoms with Gasteiger partial charge in [0.1, 0.15) is 5.82 Å². The van der Waals surface area contributed by atoms with Crippen LogP contribution in [-0.4, -0.2) is 54.4 Å². The summed E-state index contributed by atoms with van der Waals surface area (Å²) in [4.78, 5) is 2.37. The van der Waals surface area contributed by atoms with Crippen LogP contribution >= 0.6 is 0 Å². The van der Waals surface area contributed by atoms with Gasteiger partial charge in [0, 0.05) is 32.2 Å². The monoisotopic (exact) mass is 263 g/mol. The number of nitrogens with zero attached hydrogens (tertiary/aromatic N) is 3. The van der Waals surface area contributed by atoms with E-state index in [0.717, 1.165) is 44.1 Å². The maximum Gasteiger partial charge on any atom is 0.148 e. The maximum absolute atomic E-state index is 4.22. The van der Waals surface area contributed by atoms with Crippen LogP contribution in [0.1, 0.15) is 31.9 Å². The van der Waals surface area contributed by atoms with E-state index in [1.54, 1.807) is 0 Å². The largest absolute Gasteiger partial charge is 0.369 e. The molecular weight excluding hydrogens is 238 g/mol. The lowest BCUT2D eigenvalue weighted by Gasteiger charge is -2.30.